The molecule has 0 N–H and O–H groups in total. The second-order valence-electron chi connectivity index (χ2n) is 4.10. The van der Waals surface area contributed by atoms with Gasteiger partial charge < -0.3 is 9.47 Å². The van der Waals surface area contributed by atoms with Gasteiger partial charge in [-0.1, -0.05) is 19.1 Å². The minimum atomic E-state index is -0.256. The quantitative estimate of drug-likeness (QED) is 0.503. The molecule has 1 fully saturated rings. The summed E-state index contributed by atoms with van der Waals surface area (Å²) in [6, 6.07) is 0. The highest BCUT2D eigenvalue weighted by molar-refractivity contribution is 5.89. The first-order valence-electron chi connectivity index (χ1n) is 4.98. The summed E-state index contributed by atoms with van der Waals surface area (Å²) in [6.45, 7) is 1.99. The number of ketones is 1. The molecule has 0 aromatic rings. The van der Waals surface area contributed by atoms with Crippen LogP contribution in [0.4, 0.5) is 0 Å². The van der Waals surface area contributed by atoms with E-state index in [4.69, 9.17) is 9.47 Å². The van der Waals surface area contributed by atoms with Crippen LogP contribution in [0.15, 0.2) is 12.2 Å². The standard InChI is InChI=1S/C11H16O3/c1-6-7-4-5-8(10(6)12)9(7)11(13-2)14-3/h4-9,11H,1-3H3/t6-,7+,8+,9?/m1/s1. The fourth-order valence-electron chi connectivity index (χ4n) is 2.78. The Balaban J connectivity index is 2.21. The first-order valence-corrected chi connectivity index (χ1v) is 4.98. The maximum atomic E-state index is 11.8. The lowest BCUT2D eigenvalue weighted by molar-refractivity contribution is -0.148. The normalized spacial score (nSPS) is 40.1. The number of fused-ring (bicyclic) bond motifs is 2. The zero-order valence-corrected chi connectivity index (χ0v) is 8.77. The number of ether oxygens (including phenoxy) is 2. The third-order valence-electron chi connectivity index (χ3n) is 3.53. The molecule has 2 bridgehead atoms. The number of hydrogen-bond donors (Lipinski definition) is 0. The molecule has 4 atom stereocenters. The van der Waals surface area contributed by atoms with E-state index >= 15 is 0 Å². The van der Waals surface area contributed by atoms with Gasteiger partial charge >= 0.3 is 0 Å². The zero-order chi connectivity index (χ0) is 10.3. The summed E-state index contributed by atoms with van der Waals surface area (Å²) in [7, 11) is 3.25. The van der Waals surface area contributed by atoms with Crippen LogP contribution in [-0.4, -0.2) is 26.3 Å². The lowest BCUT2D eigenvalue weighted by Crippen LogP contribution is -2.29. The van der Waals surface area contributed by atoms with E-state index in [1.807, 2.05) is 13.0 Å². The van der Waals surface area contributed by atoms with Crippen molar-refractivity contribution in [3.8, 4) is 0 Å². The van der Waals surface area contributed by atoms with Crippen molar-refractivity contribution < 1.29 is 14.3 Å². The molecule has 0 heterocycles. The highest BCUT2D eigenvalue weighted by Gasteiger charge is 2.52. The van der Waals surface area contributed by atoms with Crippen LogP contribution in [0.3, 0.4) is 0 Å². The highest BCUT2D eigenvalue weighted by atomic mass is 16.7. The average molecular weight is 196 g/mol. The molecular formula is C11H16O3. The Labute approximate surface area is 84.1 Å². The summed E-state index contributed by atoms with van der Waals surface area (Å²) in [5.74, 6) is 0.967. The molecule has 1 unspecified atom stereocenters. The molecule has 2 aliphatic carbocycles. The molecule has 2 rings (SSSR count). The third kappa shape index (κ3) is 1.16. The summed E-state index contributed by atoms with van der Waals surface area (Å²) in [5, 5.41) is 0. The first kappa shape index (κ1) is 9.87. The van der Waals surface area contributed by atoms with Gasteiger partial charge in [-0.25, -0.2) is 0 Å². The van der Waals surface area contributed by atoms with Crippen LogP contribution in [0.1, 0.15) is 6.92 Å². The summed E-state index contributed by atoms with van der Waals surface area (Å²) >= 11 is 0. The summed E-state index contributed by atoms with van der Waals surface area (Å²) in [4.78, 5) is 11.8. The largest absolute Gasteiger partial charge is 0.356 e. The smallest absolute Gasteiger partial charge is 0.161 e. The molecule has 14 heavy (non-hydrogen) atoms. The molecule has 0 aromatic heterocycles. The second kappa shape index (κ2) is 3.48. The monoisotopic (exact) mass is 196 g/mol. The van der Waals surface area contributed by atoms with Gasteiger partial charge in [0, 0.05) is 32.0 Å². The molecule has 0 amide bonds. The number of Topliss-reactive ketones (excluding diaryl/α,β-unsaturated/α-hetero) is 1. The molecule has 78 valence electrons. The van der Waals surface area contributed by atoms with Crippen molar-refractivity contribution in [2.45, 2.75) is 13.2 Å². The SMILES string of the molecule is COC(OC)C1[C@@H]2C=C[C@H]1[C@@H](C)C2=O. The van der Waals surface area contributed by atoms with Gasteiger partial charge in [-0.3, -0.25) is 4.79 Å². The van der Waals surface area contributed by atoms with E-state index in [-0.39, 0.29) is 24.0 Å². The van der Waals surface area contributed by atoms with Crippen molar-refractivity contribution in [3.63, 3.8) is 0 Å². The van der Waals surface area contributed by atoms with Crippen LogP contribution in [0, 0.1) is 23.7 Å². The maximum absolute atomic E-state index is 11.8. The number of carbonyl (C=O) groups excluding carboxylic acids is 1. The van der Waals surface area contributed by atoms with Gasteiger partial charge in [-0.15, -0.1) is 0 Å². The Morgan fingerprint density at radius 3 is 2.36 bits per heavy atom. The Hall–Kier alpha value is -0.670. The van der Waals surface area contributed by atoms with E-state index < -0.39 is 0 Å². The van der Waals surface area contributed by atoms with E-state index in [0.717, 1.165) is 0 Å². The average Bonchev–Trinajstić information content (AvgIpc) is 2.69. The van der Waals surface area contributed by atoms with Gasteiger partial charge in [0.25, 0.3) is 0 Å². The molecule has 0 radical (unpaired) electrons. The Morgan fingerprint density at radius 1 is 1.29 bits per heavy atom. The van der Waals surface area contributed by atoms with Crippen LogP contribution >= 0.6 is 0 Å². The highest BCUT2D eigenvalue weighted by Crippen LogP contribution is 2.47. The zero-order valence-electron chi connectivity index (χ0n) is 8.77. The number of allylic oxidation sites excluding steroid dienone is 2. The molecular weight excluding hydrogens is 180 g/mol. The van der Waals surface area contributed by atoms with Crippen LogP contribution < -0.4 is 0 Å². The van der Waals surface area contributed by atoms with E-state index in [1.54, 1.807) is 14.2 Å². The predicted octanol–water partition coefficient (Wildman–Crippen LogP) is 1.24. The van der Waals surface area contributed by atoms with Gasteiger partial charge in [0.05, 0.1) is 0 Å². The fraction of sp³-hybridized carbons (Fsp3) is 0.727. The third-order valence-corrected chi connectivity index (χ3v) is 3.53. The predicted molar refractivity (Wildman–Crippen MR) is 51.6 cm³/mol. The van der Waals surface area contributed by atoms with Gasteiger partial charge in [0.15, 0.2) is 6.29 Å². The van der Waals surface area contributed by atoms with Gasteiger partial charge in [0.1, 0.15) is 5.78 Å². The Morgan fingerprint density at radius 2 is 1.93 bits per heavy atom. The van der Waals surface area contributed by atoms with Gasteiger partial charge in [-0.2, -0.15) is 0 Å². The molecule has 1 saturated carbocycles. The van der Waals surface area contributed by atoms with Crippen molar-refractivity contribution in [1.29, 1.82) is 0 Å². The van der Waals surface area contributed by atoms with Crippen LogP contribution in [0.5, 0.6) is 0 Å². The van der Waals surface area contributed by atoms with Crippen molar-refractivity contribution >= 4 is 5.78 Å². The number of hydrogen-bond acceptors (Lipinski definition) is 3. The van der Waals surface area contributed by atoms with Crippen molar-refractivity contribution in [3.05, 3.63) is 12.2 Å². The Kier molecular flexibility index (Phi) is 2.45. The minimum absolute atomic E-state index is 0.0138. The molecule has 0 saturated heterocycles. The van der Waals surface area contributed by atoms with Crippen LogP contribution in [0.25, 0.3) is 0 Å². The van der Waals surface area contributed by atoms with Crippen molar-refractivity contribution in [1.82, 2.24) is 0 Å². The lowest BCUT2D eigenvalue weighted by atomic mass is 9.92. The number of rotatable bonds is 3. The van der Waals surface area contributed by atoms with E-state index in [1.165, 1.54) is 0 Å². The van der Waals surface area contributed by atoms with Crippen LogP contribution in [0.2, 0.25) is 0 Å². The van der Waals surface area contributed by atoms with Crippen molar-refractivity contribution in [2.75, 3.05) is 14.2 Å². The first-order chi connectivity index (χ1) is 6.70. The maximum Gasteiger partial charge on any atom is 0.161 e. The molecule has 2 aliphatic rings. The number of methoxy groups -OCH3 is 2. The van der Waals surface area contributed by atoms with Gasteiger partial charge in [-0.05, 0) is 5.92 Å². The summed E-state index contributed by atoms with van der Waals surface area (Å²) < 4.78 is 10.5. The van der Waals surface area contributed by atoms with E-state index in [0.29, 0.717) is 11.7 Å². The van der Waals surface area contributed by atoms with E-state index in [2.05, 4.69) is 6.08 Å². The summed E-state index contributed by atoms with van der Waals surface area (Å²) in [6.07, 6.45) is 3.88. The number of carbonyl (C=O) groups is 1. The molecule has 3 heteroatoms. The molecule has 3 nitrogen and oxygen atoms in total. The van der Waals surface area contributed by atoms with Crippen molar-refractivity contribution in [2.24, 2.45) is 23.7 Å². The van der Waals surface area contributed by atoms with Gasteiger partial charge in [0.2, 0.25) is 0 Å². The fourth-order valence-corrected chi connectivity index (χ4v) is 2.78. The van der Waals surface area contributed by atoms with E-state index in [9.17, 15) is 4.79 Å². The topological polar surface area (TPSA) is 35.5 Å². The molecule has 0 spiro atoms. The summed E-state index contributed by atoms with van der Waals surface area (Å²) in [5.41, 5.74) is 0. The second-order valence-corrected chi connectivity index (χ2v) is 4.10. The van der Waals surface area contributed by atoms with Crippen LogP contribution in [-0.2, 0) is 14.3 Å². The molecule has 0 aliphatic heterocycles. The Bertz CT molecular complexity index is 268. The lowest BCUT2D eigenvalue weighted by Gasteiger charge is -2.24. The molecule has 0 aromatic carbocycles. The minimum Gasteiger partial charge on any atom is -0.356 e.